The van der Waals surface area contributed by atoms with Gasteiger partial charge in [0, 0.05) is 37.1 Å². The van der Waals surface area contributed by atoms with Crippen LogP contribution in [0.3, 0.4) is 0 Å². The maximum Gasteiger partial charge on any atom is 0.321 e. The molecule has 1 aromatic heterocycles. The lowest BCUT2D eigenvalue weighted by Crippen LogP contribution is -2.35. The largest absolute Gasteiger partial charge is 0.331 e. The van der Waals surface area contributed by atoms with Crippen molar-refractivity contribution in [1.82, 2.24) is 14.5 Å². The van der Waals surface area contributed by atoms with E-state index in [0.29, 0.717) is 16.9 Å². The van der Waals surface area contributed by atoms with Crippen LogP contribution < -0.4 is 10.6 Å². The first kappa shape index (κ1) is 19.9. The number of urea groups is 1. The monoisotopic (exact) mass is 405 g/mol. The van der Waals surface area contributed by atoms with Gasteiger partial charge in [-0.05, 0) is 62.2 Å². The van der Waals surface area contributed by atoms with E-state index in [0.717, 1.165) is 42.8 Å². The molecule has 0 radical (unpaired) electrons. The smallest absolute Gasteiger partial charge is 0.321 e. The highest BCUT2D eigenvalue weighted by molar-refractivity contribution is 6.06. The van der Waals surface area contributed by atoms with Gasteiger partial charge in [-0.3, -0.25) is 4.79 Å². The van der Waals surface area contributed by atoms with Gasteiger partial charge in [-0.2, -0.15) is 0 Å². The Balaban J connectivity index is 1.39. The summed E-state index contributed by atoms with van der Waals surface area (Å²) in [6.07, 6.45) is 4.49. The van der Waals surface area contributed by atoms with Crippen LogP contribution in [0, 0.1) is 6.92 Å². The Kier molecular flexibility index (Phi) is 5.70. The molecule has 2 N–H and O–H groups in total. The van der Waals surface area contributed by atoms with Crippen molar-refractivity contribution in [3.63, 3.8) is 0 Å². The Morgan fingerprint density at radius 1 is 0.900 bits per heavy atom. The molecular weight excluding hydrogens is 378 g/mol. The number of benzene rings is 2. The fourth-order valence-corrected chi connectivity index (χ4v) is 3.78. The number of aryl methyl sites for hydroxylation is 2. The van der Waals surface area contributed by atoms with Crippen LogP contribution in [0.4, 0.5) is 16.2 Å². The molecule has 1 saturated heterocycles. The lowest BCUT2D eigenvalue weighted by molar-refractivity contribution is 0.102. The number of rotatable bonds is 3. The molecule has 0 spiro atoms. The minimum atomic E-state index is -0.193. The van der Waals surface area contributed by atoms with Crippen LogP contribution in [-0.4, -0.2) is 39.5 Å². The van der Waals surface area contributed by atoms with Crippen LogP contribution in [-0.2, 0) is 7.05 Å². The fraction of sp³-hybridized carbons (Fsp3) is 0.348. The summed E-state index contributed by atoms with van der Waals surface area (Å²) in [5, 5.41) is 5.84. The second-order valence-electron chi connectivity index (χ2n) is 7.78. The summed E-state index contributed by atoms with van der Waals surface area (Å²) >= 11 is 0. The summed E-state index contributed by atoms with van der Waals surface area (Å²) < 4.78 is 2.00. The van der Waals surface area contributed by atoms with Crippen molar-refractivity contribution in [1.29, 1.82) is 0 Å². The number of carbonyl (C=O) groups excluding carboxylic acids is 2. The van der Waals surface area contributed by atoms with E-state index < -0.39 is 0 Å². The molecule has 1 fully saturated rings. The normalized spacial score (nSPS) is 14.4. The van der Waals surface area contributed by atoms with E-state index in [1.807, 2.05) is 29.5 Å². The Bertz CT molecular complexity index is 1060. The van der Waals surface area contributed by atoms with Crippen LogP contribution in [0.2, 0.25) is 0 Å². The van der Waals surface area contributed by atoms with E-state index in [9.17, 15) is 9.59 Å². The van der Waals surface area contributed by atoms with Crippen LogP contribution in [0.15, 0.2) is 42.5 Å². The molecule has 2 heterocycles. The van der Waals surface area contributed by atoms with Gasteiger partial charge in [0.25, 0.3) is 5.91 Å². The molecule has 3 amide bonds. The van der Waals surface area contributed by atoms with Crippen molar-refractivity contribution in [2.45, 2.75) is 32.6 Å². The van der Waals surface area contributed by atoms with E-state index in [1.165, 1.54) is 12.8 Å². The van der Waals surface area contributed by atoms with E-state index >= 15 is 0 Å². The first-order valence-electron chi connectivity index (χ1n) is 10.4. The maximum absolute atomic E-state index is 12.6. The summed E-state index contributed by atoms with van der Waals surface area (Å²) in [6.45, 7) is 3.55. The summed E-state index contributed by atoms with van der Waals surface area (Å²) in [6, 6.07) is 12.6. The lowest BCUT2D eigenvalue weighted by Gasteiger charge is -2.20. The van der Waals surface area contributed by atoms with Crippen molar-refractivity contribution in [3.8, 4) is 0 Å². The molecular formula is C23H27N5O2. The zero-order valence-corrected chi connectivity index (χ0v) is 17.4. The lowest BCUT2D eigenvalue weighted by atomic mass is 10.2. The number of amides is 3. The maximum atomic E-state index is 12.6. The number of hydrogen-bond donors (Lipinski definition) is 2. The average Bonchev–Trinajstić information content (AvgIpc) is 2.93. The van der Waals surface area contributed by atoms with E-state index in [1.54, 1.807) is 36.4 Å². The van der Waals surface area contributed by atoms with Gasteiger partial charge in [0.1, 0.15) is 5.82 Å². The van der Waals surface area contributed by atoms with Gasteiger partial charge in [-0.25, -0.2) is 9.78 Å². The van der Waals surface area contributed by atoms with Gasteiger partial charge >= 0.3 is 6.03 Å². The number of anilines is 2. The number of hydrogen-bond acceptors (Lipinski definition) is 3. The van der Waals surface area contributed by atoms with Crippen LogP contribution in [0.5, 0.6) is 0 Å². The van der Waals surface area contributed by atoms with Crippen molar-refractivity contribution >= 4 is 34.3 Å². The second kappa shape index (κ2) is 8.57. The fourth-order valence-electron chi connectivity index (χ4n) is 3.78. The Morgan fingerprint density at radius 2 is 1.53 bits per heavy atom. The highest BCUT2D eigenvalue weighted by Gasteiger charge is 2.15. The van der Waals surface area contributed by atoms with Crippen LogP contribution in [0.25, 0.3) is 11.0 Å². The van der Waals surface area contributed by atoms with Crippen molar-refractivity contribution < 1.29 is 9.59 Å². The van der Waals surface area contributed by atoms with E-state index in [-0.39, 0.29) is 11.9 Å². The van der Waals surface area contributed by atoms with Gasteiger partial charge in [-0.15, -0.1) is 0 Å². The number of nitrogens with zero attached hydrogens (tertiary/aromatic N) is 3. The van der Waals surface area contributed by atoms with Gasteiger partial charge in [0.15, 0.2) is 0 Å². The molecule has 4 rings (SSSR count). The topological polar surface area (TPSA) is 79.3 Å². The highest BCUT2D eigenvalue weighted by atomic mass is 16.2. The number of imidazole rings is 1. The molecule has 0 atom stereocenters. The minimum absolute atomic E-state index is 0.0624. The molecule has 1 aliphatic rings. The molecule has 7 nitrogen and oxygen atoms in total. The quantitative estimate of drug-likeness (QED) is 0.671. The van der Waals surface area contributed by atoms with Crippen LogP contribution in [0.1, 0.15) is 41.9 Å². The van der Waals surface area contributed by atoms with Gasteiger partial charge in [-0.1, -0.05) is 12.8 Å². The molecule has 1 aliphatic heterocycles. The Morgan fingerprint density at radius 3 is 2.20 bits per heavy atom. The van der Waals surface area contributed by atoms with Gasteiger partial charge in [0.2, 0.25) is 0 Å². The molecule has 0 saturated carbocycles. The number of carbonyl (C=O) groups is 2. The second-order valence-corrected chi connectivity index (χ2v) is 7.78. The summed E-state index contributed by atoms with van der Waals surface area (Å²) in [5.74, 6) is 0.710. The third-order valence-corrected chi connectivity index (χ3v) is 5.65. The molecule has 30 heavy (non-hydrogen) atoms. The molecule has 7 heteroatoms. The van der Waals surface area contributed by atoms with Crippen LogP contribution >= 0.6 is 0 Å². The predicted molar refractivity (Wildman–Crippen MR) is 119 cm³/mol. The van der Waals surface area contributed by atoms with Crippen molar-refractivity contribution in [2.75, 3.05) is 23.7 Å². The summed E-state index contributed by atoms with van der Waals surface area (Å²) in [5.41, 5.74) is 3.74. The molecule has 0 aliphatic carbocycles. The van der Waals surface area contributed by atoms with E-state index in [4.69, 9.17) is 0 Å². The first-order valence-corrected chi connectivity index (χ1v) is 10.4. The average molecular weight is 406 g/mol. The number of likely N-dealkylation sites (tertiary alicyclic amines) is 1. The molecule has 0 bridgehead atoms. The zero-order valence-electron chi connectivity index (χ0n) is 17.4. The molecule has 2 aromatic carbocycles. The first-order chi connectivity index (χ1) is 14.5. The van der Waals surface area contributed by atoms with Gasteiger partial charge in [0.05, 0.1) is 11.0 Å². The number of aromatic nitrogens is 2. The van der Waals surface area contributed by atoms with Crippen molar-refractivity contribution in [3.05, 3.63) is 53.9 Å². The highest BCUT2D eigenvalue weighted by Crippen LogP contribution is 2.19. The molecule has 156 valence electrons. The minimum Gasteiger partial charge on any atom is -0.331 e. The van der Waals surface area contributed by atoms with Crippen molar-refractivity contribution in [2.24, 2.45) is 7.05 Å². The SMILES string of the molecule is Cc1nc2cc(C(=O)Nc3ccc(NC(=O)N4CCCCCC4)cc3)ccc2n1C. The standard InChI is InChI=1S/C23H27N5O2/c1-16-24-20-15-17(7-12-21(20)27(16)2)22(29)25-18-8-10-19(11-9-18)26-23(30)28-13-5-3-4-6-14-28/h7-12,15H,3-6,13-14H2,1-2H3,(H,25,29)(H,26,30). The third kappa shape index (κ3) is 4.30. The predicted octanol–water partition coefficient (Wildman–Crippen LogP) is 4.54. The molecule has 0 unspecified atom stereocenters. The Hall–Kier alpha value is -3.35. The summed E-state index contributed by atoms with van der Waals surface area (Å²) in [7, 11) is 1.96. The van der Waals surface area contributed by atoms with Gasteiger partial charge < -0.3 is 20.1 Å². The number of fused-ring (bicyclic) bond motifs is 1. The van der Waals surface area contributed by atoms with E-state index in [2.05, 4.69) is 15.6 Å². The molecule has 3 aromatic rings. The summed E-state index contributed by atoms with van der Waals surface area (Å²) in [4.78, 5) is 31.4. The zero-order chi connectivity index (χ0) is 21.1. The number of nitrogens with one attached hydrogen (secondary N) is 2. The Labute approximate surface area is 176 Å². The third-order valence-electron chi connectivity index (χ3n) is 5.65.